The summed E-state index contributed by atoms with van der Waals surface area (Å²) in [5.74, 6) is 0.318. The van der Waals surface area contributed by atoms with Crippen LogP contribution in [-0.4, -0.2) is 34.2 Å². The predicted molar refractivity (Wildman–Crippen MR) is 121 cm³/mol. The molecule has 2 aromatic carbocycles. The zero-order valence-electron chi connectivity index (χ0n) is 18.5. The second kappa shape index (κ2) is 11.1. The molecule has 8 heteroatoms. The number of benzene rings is 2. The van der Waals surface area contributed by atoms with Crippen molar-refractivity contribution in [3.63, 3.8) is 0 Å². The van der Waals surface area contributed by atoms with Gasteiger partial charge < -0.3 is 10.1 Å². The average Bonchev–Trinajstić information content (AvgIpc) is 2.70. The molecule has 0 aliphatic rings. The summed E-state index contributed by atoms with van der Waals surface area (Å²) in [5.41, 5.74) is 0.966. The molecule has 0 bridgehead atoms. The van der Waals surface area contributed by atoms with Gasteiger partial charge in [0.1, 0.15) is 11.6 Å². The van der Waals surface area contributed by atoms with Gasteiger partial charge in [0.05, 0.1) is 25.1 Å². The maximum atomic E-state index is 14.1. The van der Waals surface area contributed by atoms with Gasteiger partial charge in [-0.15, -0.1) is 0 Å². The number of methoxy groups -OCH3 is 1. The van der Waals surface area contributed by atoms with Gasteiger partial charge in [-0.25, -0.2) is 12.8 Å². The molecule has 0 aromatic heterocycles. The molecule has 2 aromatic rings. The molecule has 0 unspecified atom stereocenters. The van der Waals surface area contributed by atoms with Crippen LogP contribution in [0.25, 0.3) is 0 Å². The summed E-state index contributed by atoms with van der Waals surface area (Å²) in [6.45, 7) is 4.19. The van der Waals surface area contributed by atoms with E-state index in [1.54, 1.807) is 13.2 Å². The third-order valence-electron chi connectivity index (χ3n) is 4.85. The van der Waals surface area contributed by atoms with E-state index < -0.39 is 15.8 Å². The Morgan fingerprint density at radius 3 is 2.32 bits per heavy atom. The summed E-state index contributed by atoms with van der Waals surface area (Å²) < 4.78 is 44.6. The van der Waals surface area contributed by atoms with Crippen LogP contribution in [0.4, 0.5) is 10.1 Å². The highest BCUT2D eigenvalue weighted by Crippen LogP contribution is 2.24. The molecule has 0 fully saturated rings. The maximum absolute atomic E-state index is 14.1. The van der Waals surface area contributed by atoms with Crippen molar-refractivity contribution in [1.82, 2.24) is 5.32 Å². The fourth-order valence-electron chi connectivity index (χ4n) is 3.35. The molecule has 1 amide bonds. The number of hydrogen-bond acceptors (Lipinski definition) is 4. The van der Waals surface area contributed by atoms with E-state index in [-0.39, 0.29) is 37.0 Å². The van der Waals surface area contributed by atoms with Crippen molar-refractivity contribution in [3.05, 3.63) is 59.9 Å². The number of amides is 1. The van der Waals surface area contributed by atoms with Crippen molar-refractivity contribution in [3.8, 4) is 5.75 Å². The summed E-state index contributed by atoms with van der Waals surface area (Å²) in [4.78, 5) is 12.6. The van der Waals surface area contributed by atoms with E-state index in [2.05, 4.69) is 19.2 Å². The zero-order valence-corrected chi connectivity index (χ0v) is 19.3. The smallest absolute Gasteiger partial charge is 0.232 e. The van der Waals surface area contributed by atoms with Gasteiger partial charge in [-0.1, -0.05) is 38.1 Å². The lowest BCUT2D eigenvalue weighted by atomic mass is 9.96. The number of carbonyl (C=O) groups is 1. The van der Waals surface area contributed by atoms with Gasteiger partial charge >= 0.3 is 0 Å². The predicted octanol–water partition coefficient (Wildman–Crippen LogP) is 4.28. The number of hydrogen-bond donors (Lipinski definition) is 1. The maximum Gasteiger partial charge on any atom is 0.232 e. The SMILES string of the molecule is COc1ccc([C@@H](CC(C)C)NC(=O)CCCN(c2ccccc2F)S(C)(=O)=O)cc1. The molecule has 31 heavy (non-hydrogen) atoms. The summed E-state index contributed by atoms with van der Waals surface area (Å²) >= 11 is 0. The highest BCUT2D eigenvalue weighted by molar-refractivity contribution is 7.92. The Morgan fingerprint density at radius 2 is 1.77 bits per heavy atom. The van der Waals surface area contributed by atoms with Crippen LogP contribution in [0.2, 0.25) is 0 Å². The van der Waals surface area contributed by atoms with Crippen molar-refractivity contribution >= 4 is 21.6 Å². The van der Waals surface area contributed by atoms with Gasteiger partial charge in [-0.2, -0.15) is 0 Å². The van der Waals surface area contributed by atoms with Crippen molar-refractivity contribution in [2.45, 2.75) is 39.2 Å². The van der Waals surface area contributed by atoms with Crippen LogP contribution in [0.5, 0.6) is 5.75 Å². The number of anilines is 1. The van der Waals surface area contributed by atoms with E-state index in [1.807, 2.05) is 24.3 Å². The largest absolute Gasteiger partial charge is 0.497 e. The Kier molecular flexibility index (Phi) is 8.86. The molecule has 2 rings (SSSR count). The van der Waals surface area contributed by atoms with E-state index >= 15 is 0 Å². The Labute approximate surface area is 184 Å². The minimum absolute atomic E-state index is 0.0127. The number of nitrogens with one attached hydrogen (secondary N) is 1. The van der Waals surface area contributed by atoms with Crippen LogP contribution in [0, 0.1) is 11.7 Å². The lowest BCUT2D eigenvalue weighted by Gasteiger charge is -2.24. The highest BCUT2D eigenvalue weighted by atomic mass is 32.2. The summed E-state index contributed by atoms with van der Waals surface area (Å²) in [7, 11) is -2.08. The number of sulfonamides is 1. The number of halogens is 1. The Morgan fingerprint density at radius 1 is 1.13 bits per heavy atom. The summed E-state index contributed by atoms with van der Waals surface area (Å²) in [6, 6.07) is 13.1. The van der Waals surface area contributed by atoms with Crippen molar-refractivity contribution < 1.29 is 22.3 Å². The number of rotatable bonds is 11. The number of carbonyl (C=O) groups excluding carboxylic acids is 1. The zero-order chi connectivity index (χ0) is 23.0. The topological polar surface area (TPSA) is 75.7 Å². The van der Waals surface area contributed by atoms with Crippen LogP contribution in [0.15, 0.2) is 48.5 Å². The van der Waals surface area contributed by atoms with Gasteiger partial charge in [0.2, 0.25) is 15.9 Å². The molecule has 0 heterocycles. The van der Waals surface area contributed by atoms with Crippen molar-refractivity contribution in [2.24, 2.45) is 5.92 Å². The van der Waals surface area contributed by atoms with Gasteiger partial charge in [0.25, 0.3) is 0 Å². The summed E-state index contributed by atoms with van der Waals surface area (Å²) in [6.07, 6.45) is 2.19. The first kappa shape index (κ1) is 24.7. The molecule has 170 valence electrons. The van der Waals surface area contributed by atoms with Crippen LogP contribution >= 0.6 is 0 Å². The normalized spacial score (nSPS) is 12.5. The molecule has 0 aliphatic heterocycles. The molecular formula is C23H31FN2O4S. The number of para-hydroxylation sites is 1. The lowest BCUT2D eigenvalue weighted by Crippen LogP contribution is -2.33. The van der Waals surface area contributed by atoms with Crippen LogP contribution in [0.1, 0.15) is 44.7 Å². The first-order valence-electron chi connectivity index (χ1n) is 10.3. The van der Waals surface area contributed by atoms with E-state index in [4.69, 9.17) is 4.74 Å². The first-order valence-corrected chi connectivity index (χ1v) is 12.1. The van der Waals surface area contributed by atoms with Crippen LogP contribution in [0.3, 0.4) is 0 Å². The van der Waals surface area contributed by atoms with Crippen molar-refractivity contribution in [2.75, 3.05) is 24.2 Å². The Bertz CT molecular complexity index is 962. The quantitative estimate of drug-likeness (QED) is 0.554. The Hall–Kier alpha value is -2.61. The standard InChI is InChI=1S/C23H31FN2O4S/c1-17(2)16-21(18-11-13-19(30-3)14-12-18)25-23(27)10-7-15-26(31(4,28)29)22-9-6-5-8-20(22)24/h5-6,8-9,11-14,17,21H,7,10,15-16H2,1-4H3,(H,25,27)/t21-/m1/s1. The Balaban J connectivity index is 2.02. The van der Waals surface area contributed by atoms with Gasteiger partial charge in [-0.3, -0.25) is 9.10 Å². The van der Waals surface area contributed by atoms with E-state index in [0.29, 0.717) is 5.92 Å². The second-order valence-electron chi connectivity index (χ2n) is 7.91. The molecule has 1 atom stereocenters. The number of nitrogens with zero attached hydrogens (tertiary/aromatic N) is 1. The molecule has 0 saturated heterocycles. The van der Waals surface area contributed by atoms with E-state index in [0.717, 1.165) is 28.3 Å². The van der Waals surface area contributed by atoms with Gasteiger partial charge in [0.15, 0.2) is 0 Å². The minimum atomic E-state index is -3.68. The molecule has 0 aliphatic carbocycles. The first-order chi connectivity index (χ1) is 14.6. The highest BCUT2D eigenvalue weighted by Gasteiger charge is 2.21. The van der Waals surface area contributed by atoms with E-state index in [1.165, 1.54) is 18.2 Å². The minimum Gasteiger partial charge on any atom is -0.497 e. The third kappa shape index (κ3) is 7.54. The second-order valence-corrected chi connectivity index (χ2v) is 9.82. The molecule has 6 nitrogen and oxygen atoms in total. The molecular weight excluding hydrogens is 419 g/mol. The average molecular weight is 451 g/mol. The molecule has 0 spiro atoms. The lowest BCUT2D eigenvalue weighted by molar-refractivity contribution is -0.122. The fourth-order valence-corrected chi connectivity index (χ4v) is 4.32. The van der Waals surface area contributed by atoms with Gasteiger partial charge in [0, 0.05) is 13.0 Å². The van der Waals surface area contributed by atoms with Crippen LogP contribution < -0.4 is 14.4 Å². The molecule has 1 N–H and O–H groups in total. The van der Waals surface area contributed by atoms with Gasteiger partial charge in [-0.05, 0) is 48.6 Å². The van der Waals surface area contributed by atoms with Crippen molar-refractivity contribution in [1.29, 1.82) is 0 Å². The molecule has 0 radical (unpaired) electrons. The monoisotopic (exact) mass is 450 g/mol. The van der Waals surface area contributed by atoms with E-state index in [9.17, 15) is 17.6 Å². The van der Waals surface area contributed by atoms with Crippen LogP contribution in [-0.2, 0) is 14.8 Å². The molecule has 0 saturated carbocycles. The number of ether oxygens (including phenoxy) is 1. The summed E-state index contributed by atoms with van der Waals surface area (Å²) in [5, 5.41) is 3.04. The third-order valence-corrected chi connectivity index (χ3v) is 6.03. The fraction of sp³-hybridized carbons (Fsp3) is 0.435.